The monoisotopic (exact) mass is 338 g/mol. The molecule has 0 spiro atoms. The summed E-state index contributed by atoms with van der Waals surface area (Å²) >= 11 is 0. The zero-order valence-electron chi connectivity index (χ0n) is 14.9. The molecule has 130 valence electrons. The highest BCUT2D eigenvalue weighted by molar-refractivity contribution is 6.08. The molecule has 1 N–H and O–H groups in total. The zero-order chi connectivity index (χ0) is 18.0. The van der Waals surface area contributed by atoms with E-state index in [4.69, 9.17) is 0 Å². The number of para-hydroxylation sites is 1. The van der Waals surface area contributed by atoms with Gasteiger partial charge >= 0.3 is 0 Å². The molecule has 0 bridgehead atoms. The lowest BCUT2D eigenvalue weighted by Gasteiger charge is -2.12. The van der Waals surface area contributed by atoms with E-state index in [-0.39, 0.29) is 11.6 Å². The number of carbonyl (C=O) groups excluding carboxylic acids is 1. The smallest absolute Gasteiger partial charge is 0.272 e. The summed E-state index contributed by atoms with van der Waals surface area (Å²) in [5, 5.41) is 3.80. The van der Waals surface area contributed by atoms with Crippen LogP contribution in [-0.2, 0) is 6.54 Å². The minimum Gasteiger partial charge on any atom is -0.336 e. The normalized spacial score (nSPS) is 11.0. The van der Waals surface area contributed by atoms with E-state index in [1.807, 2.05) is 38.1 Å². The van der Waals surface area contributed by atoms with Gasteiger partial charge in [0.05, 0.1) is 5.69 Å². The average molecular weight is 338 g/mol. The first-order valence-corrected chi connectivity index (χ1v) is 8.68. The first-order chi connectivity index (χ1) is 12.0. The second-order valence-corrected chi connectivity index (χ2v) is 6.43. The summed E-state index contributed by atoms with van der Waals surface area (Å²) < 4.78 is 16.2. The largest absolute Gasteiger partial charge is 0.336 e. The number of unbranched alkanes of at least 4 members (excludes halogenated alkanes) is 1. The van der Waals surface area contributed by atoms with Crippen LogP contribution in [-0.4, -0.2) is 10.5 Å². The van der Waals surface area contributed by atoms with E-state index in [1.54, 1.807) is 12.1 Å². The van der Waals surface area contributed by atoms with E-state index in [0.29, 0.717) is 5.69 Å². The fourth-order valence-corrected chi connectivity index (χ4v) is 3.22. The SMILES string of the molecule is CCCCn1c(C(=O)Nc2ccc(C)cc2F)c(C)c2ccccc21. The molecule has 0 saturated carbocycles. The van der Waals surface area contributed by atoms with Crippen LogP contribution in [0.1, 0.15) is 41.4 Å². The predicted molar refractivity (Wildman–Crippen MR) is 101 cm³/mol. The summed E-state index contributed by atoms with van der Waals surface area (Å²) in [6.45, 7) is 6.66. The van der Waals surface area contributed by atoms with Crippen LogP contribution in [0.3, 0.4) is 0 Å². The molecular formula is C21H23FN2O. The Morgan fingerprint density at radius 2 is 1.92 bits per heavy atom. The van der Waals surface area contributed by atoms with Crippen molar-refractivity contribution in [2.75, 3.05) is 5.32 Å². The summed E-state index contributed by atoms with van der Waals surface area (Å²) in [6.07, 6.45) is 2.02. The Kier molecular flexibility index (Phi) is 4.88. The Hall–Kier alpha value is -2.62. The van der Waals surface area contributed by atoms with E-state index >= 15 is 0 Å². The molecule has 1 aromatic heterocycles. The number of hydrogen-bond donors (Lipinski definition) is 1. The summed E-state index contributed by atoms with van der Waals surface area (Å²) in [5.74, 6) is -0.685. The Morgan fingerprint density at radius 1 is 1.16 bits per heavy atom. The summed E-state index contributed by atoms with van der Waals surface area (Å²) in [4.78, 5) is 12.9. The third-order valence-corrected chi connectivity index (χ3v) is 4.55. The van der Waals surface area contributed by atoms with Crippen molar-refractivity contribution >= 4 is 22.5 Å². The van der Waals surface area contributed by atoms with Gasteiger partial charge < -0.3 is 9.88 Å². The maximum Gasteiger partial charge on any atom is 0.272 e. The molecule has 3 rings (SSSR count). The molecule has 0 atom stereocenters. The number of aromatic nitrogens is 1. The van der Waals surface area contributed by atoms with Crippen LogP contribution < -0.4 is 5.32 Å². The van der Waals surface area contributed by atoms with Gasteiger partial charge in [-0.15, -0.1) is 0 Å². The molecule has 1 heterocycles. The third kappa shape index (κ3) is 3.29. The van der Waals surface area contributed by atoms with Crippen LogP contribution in [0.4, 0.5) is 10.1 Å². The minimum absolute atomic E-state index is 0.210. The van der Waals surface area contributed by atoms with E-state index in [2.05, 4.69) is 16.8 Å². The molecule has 0 radical (unpaired) electrons. The third-order valence-electron chi connectivity index (χ3n) is 4.55. The molecule has 0 aliphatic carbocycles. The van der Waals surface area contributed by atoms with Crippen LogP contribution in [0.15, 0.2) is 42.5 Å². The van der Waals surface area contributed by atoms with Crippen LogP contribution in [0.25, 0.3) is 10.9 Å². The van der Waals surface area contributed by atoms with Gasteiger partial charge in [-0.05, 0) is 49.6 Å². The van der Waals surface area contributed by atoms with Crippen LogP contribution in [0.5, 0.6) is 0 Å². The zero-order valence-corrected chi connectivity index (χ0v) is 14.9. The van der Waals surface area contributed by atoms with Crippen molar-refractivity contribution in [3.8, 4) is 0 Å². The van der Waals surface area contributed by atoms with Crippen molar-refractivity contribution < 1.29 is 9.18 Å². The molecule has 4 heteroatoms. The number of nitrogens with one attached hydrogen (secondary N) is 1. The quantitative estimate of drug-likeness (QED) is 0.659. The molecule has 3 nitrogen and oxygen atoms in total. The highest BCUT2D eigenvalue weighted by Crippen LogP contribution is 2.27. The maximum absolute atomic E-state index is 14.1. The molecule has 0 unspecified atom stereocenters. The number of halogens is 1. The van der Waals surface area contributed by atoms with Crippen molar-refractivity contribution in [3.63, 3.8) is 0 Å². The standard InChI is InChI=1S/C21H23FN2O/c1-4-5-12-24-19-9-7-6-8-16(19)15(3)20(24)21(25)23-18-11-10-14(2)13-17(18)22/h6-11,13H,4-5,12H2,1-3H3,(H,23,25). The lowest BCUT2D eigenvalue weighted by molar-refractivity contribution is 0.101. The Labute approximate surface area is 147 Å². The second kappa shape index (κ2) is 7.09. The van der Waals surface area contributed by atoms with Gasteiger partial charge in [-0.2, -0.15) is 0 Å². The highest BCUT2D eigenvalue weighted by Gasteiger charge is 2.20. The number of aryl methyl sites for hydroxylation is 3. The van der Waals surface area contributed by atoms with Gasteiger partial charge in [0, 0.05) is 17.4 Å². The molecule has 0 aliphatic rings. The van der Waals surface area contributed by atoms with Crippen molar-refractivity contribution in [1.29, 1.82) is 0 Å². The van der Waals surface area contributed by atoms with Gasteiger partial charge in [-0.3, -0.25) is 4.79 Å². The Morgan fingerprint density at radius 3 is 2.64 bits per heavy atom. The van der Waals surface area contributed by atoms with E-state index in [1.165, 1.54) is 6.07 Å². The van der Waals surface area contributed by atoms with Crippen molar-refractivity contribution in [2.45, 2.75) is 40.2 Å². The highest BCUT2D eigenvalue weighted by atomic mass is 19.1. The van der Waals surface area contributed by atoms with Gasteiger partial charge in [0.1, 0.15) is 11.5 Å². The van der Waals surface area contributed by atoms with Gasteiger partial charge in [-0.25, -0.2) is 4.39 Å². The molecule has 25 heavy (non-hydrogen) atoms. The molecular weight excluding hydrogens is 315 g/mol. The van der Waals surface area contributed by atoms with E-state index < -0.39 is 5.82 Å². The average Bonchev–Trinajstić information content (AvgIpc) is 2.88. The topological polar surface area (TPSA) is 34.0 Å². The van der Waals surface area contributed by atoms with Gasteiger partial charge in [0.2, 0.25) is 0 Å². The molecule has 0 saturated heterocycles. The fourth-order valence-electron chi connectivity index (χ4n) is 3.22. The summed E-state index contributed by atoms with van der Waals surface area (Å²) in [7, 11) is 0. The second-order valence-electron chi connectivity index (χ2n) is 6.43. The molecule has 3 aromatic rings. The first-order valence-electron chi connectivity index (χ1n) is 8.68. The van der Waals surface area contributed by atoms with Crippen molar-refractivity contribution in [1.82, 2.24) is 4.57 Å². The molecule has 0 aliphatic heterocycles. The Bertz CT molecular complexity index is 927. The summed E-state index contributed by atoms with van der Waals surface area (Å²) in [5.41, 5.74) is 3.61. The number of anilines is 1. The van der Waals surface area contributed by atoms with Gasteiger partial charge in [0.15, 0.2) is 0 Å². The molecule has 0 fully saturated rings. The maximum atomic E-state index is 14.1. The van der Waals surface area contributed by atoms with Crippen LogP contribution >= 0.6 is 0 Å². The van der Waals surface area contributed by atoms with Crippen LogP contribution in [0.2, 0.25) is 0 Å². The molecule has 2 aromatic carbocycles. The van der Waals surface area contributed by atoms with Crippen molar-refractivity contribution in [2.24, 2.45) is 0 Å². The Balaban J connectivity index is 2.04. The van der Waals surface area contributed by atoms with E-state index in [9.17, 15) is 9.18 Å². The van der Waals surface area contributed by atoms with Gasteiger partial charge in [0.25, 0.3) is 5.91 Å². The van der Waals surface area contributed by atoms with E-state index in [0.717, 1.165) is 41.4 Å². The number of benzene rings is 2. The number of amides is 1. The molecule has 1 amide bonds. The summed E-state index contributed by atoms with van der Waals surface area (Å²) in [6, 6.07) is 12.8. The number of carbonyl (C=O) groups is 1. The van der Waals surface area contributed by atoms with Crippen LogP contribution in [0, 0.1) is 19.7 Å². The minimum atomic E-state index is -0.415. The number of hydrogen-bond acceptors (Lipinski definition) is 1. The van der Waals surface area contributed by atoms with Crippen molar-refractivity contribution in [3.05, 3.63) is 65.1 Å². The predicted octanol–water partition coefficient (Wildman–Crippen LogP) is 5.45. The number of fused-ring (bicyclic) bond motifs is 1. The first kappa shape index (κ1) is 17.2. The lowest BCUT2D eigenvalue weighted by atomic mass is 10.1. The number of nitrogens with zero attached hydrogens (tertiary/aromatic N) is 1. The lowest BCUT2D eigenvalue weighted by Crippen LogP contribution is -2.19. The number of rotatable bonds is 5. The fraction of sp³-hybridized carbons (Fsp3) is 0.286. The van der Waals surface area contributed by atoms with Gasteiger partial charge in [-0.1, -0.05) is 37.6 Å².